The third-order valence-corrected chi connectivity index (χ3v) is 5.11. The fourth-order valence-corrected chi connectivity index (χ4v) is 3.87. The number of carbonyl (C=O) groups excluding carboxylic acids is 1. The maximum atomic E-state index is 12.0. The molecule has 0 aliphatic rings. The molecular formula is C11H15N5OS3. The highest BCUT2D eigenvalue weighted by atomic mass is 32.2. The second-order valence-corrected chi connectivity index (χ2v) is 7.27. The molecule has 0 aliphatic carbocycles. The van der Waals surface area contributed by atoms with Gasteiger partial charge >= 0.3 is 0 Å². The van der Waals surface area contributed by atoms with Crippen molar-refractivity contribution in [2.75, 3.05) is 12.3 Å². The summed E-state index contributed by atoms with van der Waals surface area (Å²) >= 11 is 4.32. The Labute approximate surface area is 129 Å². The van der Waals surface area contributed by atoms with Gasteiger partial charge in [0.1, 0.15) is 9.88 Å². The van der Waals surface area contributed by atoms with Crippen LogP contribution in [0.15, 0.2) is 4.34 Å². The lowest BCUT2D eigenvalue weighted by Crippen LogP contribution is -2.25. The van der Waals surface area contributed by atoms with Crippen molar-refractivity contribution in [3.63, 3.8) is 0 Å². The summed E-state index contributed by atoms with van der Waals surface area (Å²) < 4.78 is 4.78. The van der Waals surface area contributed by atoms with Gasteiger partial charge in [0.25, 0.3) is 5.91 Å². The number of hydrogen-bond donors (Lipinski definition) is 1. The first-order valence-corrected chi connectivity index (χ1v) is 8.80. The second-order valence-electron chi connectivity index (χ2n) is 3.99. The SMILES string of the molecule is CCCc1nnsc1C(=O)NCCSc1nnc(C)s1. The summed E-state index contributed by atoms with van der Waals surface area (Å²) in [5.41, 5.74) is 0.794. The van der Waals surface area contributed by atoms with Crippen molar-refractivity contribution in [1.82, 2.24) is 25.1 Å². The van der Waals surface area contributed by atoms with Crippen LogP contribution in [0.3, 0.4) is 0 Å². The van der Waals surface area contributed by atoms with E-state index >= 15 is 0 Å². The number of hydrogen-bond acceptors (Lipinski definition) is 8. The standard InChI is InChI=1S/C11H15N5OS3/c1-3-4-8-9(20-16-14-8)10(17)12-5-6-18-11-15-13-7(2)19-11/h3-6H2,1-2H3,(H,12,17). The molecule has 0 fully saturated rings. The van der Waals surface area contributed by atoms with Crippen LogP contribution in [-0.2, 0) is 6.42 Å². The second kappa shape index (κ2) is 7.65. The number of amides is 1. The Kier molecular flexibility index (Phi) is 5.86. The third-order valence-electron chi connectivity index (χ3n) is 2.37. The summed E-state index contributed by atoms with van der Waals surface area (Å²) in [7, 11) is 0. The minimum Gasteiger partial charge on any atom is -0.350 e. The Morgan fingerprint density at radius 3 is 2.90 bits per heavy atom. The molecule has 0 bridgehead atoms. The average molecular weight is 329 g/mol. The maximum absolute atomic E-state index is 12.0. The largest absolute Gasteiger partial charge is 0.350 e. The molecule has 0 saturated heterocycles. The van der Waals surface area contributed by atoms with E-state index in [9.17, 15) is 4.79 Å². The van der Waals surface area contributed by atoms with Gasteiger partial charge in [-0.3, -0.25) is 4.79 Å². The number of nitrogens with one attached hydrogen (secondary N) is 1. The van der Waals surface area contributed by atoms with E-state index in [0.29, 0.717) is 11.4 Å². The van der Waals surface area contributed by atoms with Crippen LogP contribution in [-0.4, -0.2) is 38.0 Å². The molecule has 0 aromatic carbocycles. The molecule has 0 saturated carbocycles. The highest BCUT2D eigenvalue weighted by Gasteiger charge is 2.15. The number of nitrogens with zero attached hydrogens (tertiary/aromatic N) is 4. The van der Waals surface area contributed by atoms with Gasteiger partial charge in [0.05, 0.1) is 5.69 Å². The Morgan fingerprint density at radius 1 is 1.35 bits per heavy atom. The van der Waals surface area contributed by atoms with Crippen molar-refractivity contribution in [2.24, 2.45) is 0 Å². The van der Waals surface area contributed by atoms with E-state index < -0.39 is 0 Å². The van der Waals surface area contributed by atoms with Crippen molar-refractivity contribution in [2.45, 2.75) is 31.0 Å². The molecule has 0 spiro atoms. The van der Waals surface area contributed by atoms with Gasteiger partial charge in [0.2, 0.25) is 0 Å². The van der Waals surface area contributed by atoms with Crippen LogP contribution < -0.4 is 5.32 Å². The molecule has 0 unspecified atom stereocenters. The van der Waals surface area contributed by atoms with Crippen LogP contribution in [0.4, 0.5) is 0 Å². The first kappa shape index (κ1) is 15.3. The van der Waals surface area contributed by atoms with Crippen LogP contribution in [0, 0.1) is 6.92 Å². The number of carbonyl (C=O) groups is 1. The minimum absolute atomic E-state index is 0.0857. The summed E-state index contributed by atoms with van der Waals surface area (Å²) in [5.74, 6) is 0.688. The zero-order valence-electron chi connectivity index (χ0n) is 11.3. The van der Waals surface area contributed by atoms with Gasteiger partial charge in [-0.05, 0) is 24.9 Å². The van der Waals surface area contributed by atoms with E-state index in [1.165, 1.54) is 0 Å². The van der Waals surface area contributed by atoms with Crippen LogP contribution in [0.1, 0.15) is 33.7 Å². The summed E-state index contributed by atoms with van der Waals surface area (Å²) in [6, 6.07) is 0. The number of aromatic nitrogens is 4. The molecule has 108 valence electrons. The minimum atomic E-state index is -0.0857. The lowest BCUT2D eigenvalue weighted by molar-refractivity contribution is 0.0959. The Bertz CT molecular complexity index is 568. The topological polar surface area (TPSA) is 80.7 Å². The van der Waals surface area contributed by atoms with Crippen molar-refractivity contribution in [3.8, 4) is 0 Å². The quantitative estimate of drug-likeness (QED) is 0.619. The third kappa shape index (κ3) is 4.22. The normalized spacial score (nSPS) is 10.7. The lowest BCUT2D eigenvalue weighted by Gasteiger charge is -2.03. The van der Waals surface area contributed by atoms with Crippen molar-refractivity contribution < 1.29 is 4.79 Å². The van der Waals surface area contributed by atoms with Crippen molar-refractivity contribution in [3.05, 3.63) is 15.6 Å². The monoisotopic (exact) mass is 329 g/mol. The van der Waals surface area contributed by atoms with Crippen LogP contribution in [0.25, 0.3) is 0 Å². The van der Waals surface area contributed by atoms with Gasteiger partial charge in [0, 0.05) is 12.3 Å². The molecule has 1 N–H and O–H groups in total. The zero-order chi connectivity index (χ0) is 14.4. The average Bonchev–Trinajstić information content (AvgIpc) is 3.04. The molecule has 6 nitrogen and oxygen atoms in total. The zero-order valence-corrected chi connectivity index (χ0v) is 13.7. The van der Waals surface area contributed by atoms with E-state index in [4.69, 9.17) is 0 Å². The lowest BCUT2D eigenvalue weighted by atomic mass is 10.2. The highest BCUT2D eigenvalue weighted by Crippen LogP contribution is 2.21. The number of aryl methyl sites for hydroxylation is 2. The smallest absolute Gasteiger partial charge is 0.264 e. The summed E-state index contributed by atoms with van der Waals surface area (Å²) in [6.45, 7) is 4.57. The predicted octanol–water partition coefficient (Wildman–Crippen LogP) is 2.17. The van der Waals surface area contributed by atoms with Gasteiger partial charge in [-0.15, -0.1) is 15.3 Å². The van der Waals surface area contributed by atoms with E-state index in [0.717, 1.165) is 45.2 Å². The molecule has 2 aromatic heterocycles. The predicted molar refractivity (Wildman–Crippen MR) is 81.6 cm³/mol. The van der Waals surface area contributed by atoms with Gasteiger partial charge in [-0.25, -0.2) is 0 Å². The first-order chi connectivity index (χ1) is 9.70. The van der Waals surface area contributed by atoms with E-state index in [-0.39, 0.29) is 5.91 Å². The number of rotatable bonds is 7. The van der Waals surface area contributed by atoms with E-state index in [1.54, 1.807) is 23.1 Å². The summed E-state index contributed by atoms with van der Waals surface area (Å²) in [4.78, 5) is 12.6. The first-order valence-electron chi connectivity index (χ1n) is 6.23. The highest BCUT2D eigenvalue weighted by molar-refractivity contribution is 8.01. The van der Waals surface area contributed by atoms with Crippen LogP contribution in [0.2, 0.25) is 0 Å². The molecule has 2 heterocycles. The maximum Gasteiger partial charge on any atom is 0.264 e. The number of thioether (sulfide) groups is 1. The molecular weight excluding hydrogens is 314 g/mol. The van der Waals surface area contributed by atoms with E-state index in [2.05, 4.69) is 32.0 Å². The molecule has 0 aliphatic heterocycles. The molecule has 2 aromatic rings. The van der Waals surface area contributed by atoms with Gasteiger partial charge in [-0.1, -0.05) is 40.9 Å². The Hall–Kier alpha value is -1.06. The van der Waals surface area contributed by atoms with Crippen LogP contribution >= 0.6 is 34.6 Å². The van der Waals surface area contributed by atoms with Crippen molar-refractivity contribution >= 4 is 40.5 Å². The molecule has 0 radical (unpaired) electrons. The molecule has 0 atom stereocenters. The Morgan fingerprint density at radius 2 is 2.20 bits per heavy atom. The van der Waals surface area contributed by atoms with E-state index in [1.807, 2.05) is 6.92 Å². The van der Waals surface area contributed by atoms with Crippen LogP contribution in [0.5, 0.6) is 0 Å². The van der Waals surface area contributed by atoms with Gasteiger partial charge in [-0.2, -0.15) is 0 Å². The fraction of sp³-hybridized carbons (Fsp3) is 0.545. The molecule has 1 amide bonds. The summed E-state index contributed by atoms with van der Waals surface area (Å²) in [5, 5.41) is 15.8. The van der Waals surface area contributed by atoms with Crippen molar-refractivity contribution in [1.29, 1.82) is 0 Å². The molecule has 20 heavy (non-hydrogen) atoms. The summed E-state index contributed by atoms with van der Waals surface area (Å²) in [6.07, 6.45) is 1.75. The fourth-order valence-electron chi connectivity index (χ4n) is 1.50. The molecule has 9 heteroatoms. The van der Waals surface area contributed by atoms with Gasteiger partial charge in [0.15, 0.2) is 4.34 Å². The Balaban J connectivity index is 1.76. The molecule has 2 rings (SSSR count). The van der Waals surface area contributed by atoms with Gasteiger partial charge < -0.3 is 5.32 Å².